The zero-order chi connectivity index (χ0) is 19.3. The van der Waals surface area contributed by atoms with Crippen molar-refractivity contribution in [3.05, 3.63) is 57.8 Å². The predicted molar refractivity (Wildman–Crippen MR) is 101 cm³/mol. The van der Waals surface area contributed by atoms with E-state index in [1.807, 2.05) is 12.1 Å². The van der Waals surface area contributed by atoms with Crippen LogP contribution in [0.4, 0.5) is 0 Å². The van der Waals surface area contributed by atoms with Crippen LogP contribution in [0.1, 0.15) is 24.3 Å². The van der Waals surface area contributed by atoms with Crippen LogP contribution in [0.2, 0.25) is 5.02 Å². The Kier molecular flexibility index (Phi) is 4.01. The zero-order valence-corrected chi connectivity index (χ0v) is 15.6. The Morgan fingerprint density at radius 2 is 1.96 bits per heavy atom. The maximum Gasteiger partial charge on any atom is 0.191 e. The van der Waals surface area contributed by atoms with E-state index in [9.17, 15) is 15.8 Å². The van der Waals surface area contributed by atoms with Gasteiger partial charge in [0.25, 0.3) is 0 Å². The first kappa shape index (κ1) is 17.6. The molecule has 1 aliphatic carbocycles. The highest BCUT2D eigenvalue weighted by atomic mass is 35.5. The van der Waals surface area contributed by atoms with Gasteiger partial charge in [-0.3, -0.25) is 4.90 Å². The standard InChI is InChI=1S/C21H18ClN5/c1-27-14-5-6-17(27)18-15(8-14)16(9-23)20(26)21(10-24,11-25)19(18)12-3-2-4-13(22)7-12/h2-4,7-8,14,17-19H,5-6,26H2,1H3. The molecular formula is C21H18ClN5. The maximum atomic E-state index is 10.1. The summed E-state index contributed by atoms with van der Waals surface area (Å²) in [4.78, 5) is 2.29. The molecule has 1 fully saturated rings. The van der Waals surface area contributed by atoms with E-state index in [0.717, 1.165) is 24.0 Å². The van der Waals surface area contributed by atoms with Gasteiger partial charge in [-0.05, 0) is 43.2 Å². The number of likely N-dealkylation sites (N-methyl/N-ethyl adjacent to an activating group) is 1. The Balaban J connectivity index is 2.06. The smallest absolute Gasteiger partial charge is 0.191 e. The maximum absolute atomic E-state index is 10.1. The van der Waals surface area contributed by atoms with E-state index >= 15 is 0 Å². The molecule has 4 unspecified atom stereocenters. The molecule has 1 aromatic carbocycles. The second-order valence-electron chi connectivity index (χ2n) is 7.49. The third-order valence-corrected chi connectivity index (χ3v) is 6.67. The third-order valence-electron chi connectivity index (χ3n) is 6.43. The Bertz CT molecular complexity index is 989. The molecule has 3 aliphatic rings. The van der Waals surface area contributed by atoms with Crippen molar-refractivity contribution in [2.24, 2.45) is 17.1 Å². The van der Waals surface area contributed by atoms with Gasteiger partial charge in [-0.25, -0.2) is 0 Å². The number of nitrogens with two attached hydrogens (primary N) is 1. The molecular weight excluding hydrogens is 358 g/mol. The van der Waals surface area contributed by atoms with Gasteiger partial charge >= 0.3 is 0 Å². The summed E-state index contributed by atoms with van der Waals surface area (Å²) < 4.78 is 0. The number of hydrogen-bond donors (Lipinski definition) is 1. The lowest BCUT2D eigenvalue weighted by Crippen LogP contribution is -2.51. The molecule has 0 amide bonds. The monoisotopic (exact) mass is 375 g/mol. The minimum Gasteiger partial charge on any atom is -0.399 e. The van der Waals surface area contributed by atoms with Gasteiger partial charge in [-0.2, -0.15) is 15.8 Å². The van der Waals surface area contributed by atoms with Crippen LogP contribution in [0.3, 0.4) is 0 Å². The highest BCUT2D eigenvalue weighted by Crippen LogP contribution is 2.58. The van der Waals surface area contributed by atoms with E-state index in [-0.39, 0.29) is 23.7 Å². The first-order valence-corrected chi connectivity index (χ1v) is 9.28. The number of fused-ring (bicyclic) bond motifs is 4. The molecule has 0 saturated carbocycles. The summed E-state index contributed by atoms with van der Waals surface area (Å²) in [5.41, 5.74) is 6.78. The van der Waals surface area contributed by atoms with Gasteiger partial charge in [-0.15, -0.1) is 0 Å². The summed E-state index contributed by atoms with van der Waals surface area (Å²) in [7, 11) is 2.07. The van der Waals surface area contributed by atoms with Crippen molar-refractivity contribution >= 4 is 11.6 Å². The van der Waals surface area contributed by atoms with E-state index in [1.54, 1.807) is 12.1 Å². The van der Waals surface area contributed by atoms with Crippen molar-refractivity contribution in [2.75, 3.05) is 7.05 Å². The van der Waals surface area contributed by atoms with Crippen LogP contribution in [0, 0.1) is 45.3 Å². The Labute approximate surface area is 163 Å². The number of halogens is 1. The van der Waals surface area contributed by atoms with Crippen LogP contribution in [-0.2, 0) is 0 Å². The van der Waals surface area contributed by atoms with Crippen LogP contribution in [0.25, 0.3) is 0 Å². The highest BCUT2D eigenvalue weighted by Gasteiger charge is 2.58. The lowest BCUT2D eigenvalue weighted by Gasteiger charge is -2.48. The van der Waals surface area contributed by atoms with Gasteiger partial charge < -0.3 is 5.73 Å². The molecule has 1 saturated heterocycles. The number of hydrogen-bond acceptors (Lipinski definition) is 5. The zero-order valence-electron chi connectivity index (χ0n) is 14.9. The van der Waals surface area contributed by atoms with Crippen LogP contribution in [0.15, 0.2) is 47.2 Å². The van der Waals surface area contributed by atoms with Crippen molar-refractivity contribution in [3.8, 4) is 18.2 Å². The Morgan fingerprint density at radius 3 is 2.59 bits per heavy atom. The molecule has 2 aliphatic heterocycles. The fraction of sp³-hybridized carbons (Fsp3) is 0.381. The molecule has 0 aromatic heterocycles. The van der Waals surface area contributed by atoms with Crippen LogP contribution in [-0.4, -0.2) is 24.0 Å². The van der Waals surface area contributed by atoms with E-state index in [4.69, 9.17) is 17.3 Å². The molecule has 0 radical (unpaired) electrons. The number of benzene rings is 1. The van der Waals surface area contributed by atoms with Gasteiger partial charge in [0, 0.05) is 28.9 Å². The molecule has 2 N–H and O–H groups in total. The SMILES string of the molecule is CN1C2C=C3C(C#N)=C(N)C(C#N)(C#N)C(c4cccc(Cl)c4)C3C1CC2. The van der Waals surface area contributed by atoms with Gasteiger partial charge in [0.2, 0.25) is 0 Å². The fourth-order valence-electron chi connectivity index (χ4n) is 5.16. The number of allylic oxidation sites excluding steroid dienone is 2. The van der Waals surface area contributed by atoms with Crippen molar-refractivity contribution < 1.29 is 0 Å². The van der Waals surface area contributed by atoms with E-state index in [0.29, 0.717) is 10.6 Å². The summed E-state index contributed by atoms with van der Waals surface area (Å²) in [6, 6.07) is 14.2. The minimum absolute atomic E-state index is 0.0615. The average Bonchev–Trinajstić information content (AvgIpc) is 2.90. The predicted octanol–water partition coefficient (Wildman–Crippen LogP) is 3.23. The third kappa shape index (κ3) is 2.25. The van der Waals surface area contributed by atoms with Crippen LogP contribution >= 0.6 is 11.6 Å². The van der Waals surface area contributed by atoms with Gasteiger partial charge in [0.05, 0.1) is 23.4 Å². The van der Waals surface area contributed by atoms with Gasteiger partial charge in [-0.1, -0.05) is 29.8 Å². The number of nitriles is 3. The molecule has 0 spiro atoms. The Hall–Kier alpha value is -2.78. The molecule has 1 aromatic rings. The topological polar surface area (TPSA) is 101 Å². The highest BCUT2D eigenvalue weighted by molar-refractivity contribution is 6.30. The lowest BCUT2D eigenvalue weighted by atomic mass is 9.56. The number of nitrogens with zero attached hydrogens (tertiary/aromatic N) is 4. The number of rotatable bonds is 1. The first-order chi connectivity index (χ1) is 13.0. The lowest BCUT2D eigenvalue weighted by molar-refractivity contribution is 0.160. The van der Waals surface area contributed by atoms with E-state index in [2.05, 4.69) is 36.2 Å². The molecule has 2 heterocycles. The van der Waals surface area contributed by atoms with Crippen molar-refractivity contribution in [3.63, 3.8) is 0 Å². The largest absolute Gasteiger partial charge is 0.399 e. The van der Waals surface area contributed by atoms with Crippen molar-refractivity contribution in [2.45, 2.75) is 30.8 Å². The summed E-state index contributed by atoms with van der Waals surface area (Å²) >= 11 is 6.23. The van der Waals surface area contributed by atoms with Crippen LogP contribution in [0.5, 0.6) is 0 Å². The van der Waals surface area contributed by atoms with Crippen molar-refractivity contribution in [1.29, 1.82) is 15.8 Å². The molecule has 4 atom stereocenters. The summed E-state index contributed by atoms with van der Waals surface area (Å²) in [6.45, 7) is 0. The summed E-state index contributed by atoms with van der Waals surface area (Å²) in [6.07, 6.45) is 4.05. The average molecular weight is 376 g/mol. The van der Waals surface area contributed by atoms with E-state index in [1.165, 1.54) is 0 Å². The molecule has 134 valence electrons. The quantitative estimate of drug-likeness (QED) is 0.812. The second-order valence-corrected chi connectivity index (χ2v) is 7.93. The Morgan fingerprint density at radius 1 is 1.22 bits per heavy atom. The molecule has 4 rings (SSSR count). The molecule has 5 nitrogen and oxygen atoms in total. The van der Waals surface area contributed by atoms with Crippen molar-refractivity contribution in [1.82, 2.24) is 4.90 Å². The fourth-order valence-corrected chi connectivity index (χ4v) is 5.36. The molecule has 6 heteroatoms. The van der Waals surface area contributed by atoms with Gasteiger partial charge in [0.1, 0.15) is 6.07 Å². The first-order valence-electron chi connectivity index (χ1n) is 8.90. The van der Waals surface area contributed by atoms with Crippen LogP contribution < -0.4 is 5.73 Å². The summed E-state index contributed by atoms with van der Waals surface area (Å²) in [5, 5.41) is 30.5. The summed E-state index contributed by atoms with van der Waals surface area (Å²) in [5.74, 6) is -0.644. The molecule has 27 heavy (non-hydrogen) atoms. The van der Waals surface area contributed by atoms with Gasteiger partial charge in [0.15, 0.2) is 5.41 Å². The minimum atomic E-state index is -1.60. The molecule has 2 bridgehead atoms. The second kappa shape index (κ2) is 6.14. The van der Waals surface area contributed by atoms with E-state index < -0.39 is 11.3 Å². The normalized spacial score (nSPS) is 31.3.